The molecule has 0 heterocycles. The number of rotatable bonds is 7. The van der Waals surface area contributed by atoms with E-state index in [2.05, 4.69) is 36.1 Å². The fourth-order valence-electron chi connectivity index (χ4n) is 1.98. The highest BCUT2D eigenvalue weighted by Crippen LogP contribution is 2.15. The van der Waals surface area contributed by atoms with Gasteiger partial charge < -0.3 is 9.84 Å². The standard InChI is InChI=1S/C19H20O2S/c20-12-5-4-7-17-8-6-9-18(15-17)16-22-14-13-21-19-10-2-1-3-11-19/h1-3,6,8-11,15,20H,7,12-14,16H2. The van der Waals surface area contributed by atoms with Crippen molar-refractivity contribution in [1.82, 2.24) is 0 Å². The van der Waals surface area contributed by atoms with E-state index < -0.39 is 0 Å². The number of aliphatic hydroxyl groups excluding tert-OH is 1. The average Bonchev–Trinajstić information content (AvgIpc) is 2.56. The van der Waals surface area contributed by atoms with Gasteiger partial charge in [0.2, 0.25) is 0 Å². The molecular formula is C19H20O2S. The van der Waals surface area contributed by atoms with Crippen LogP contribution < -0.4 is 4.74 Å². The molecule has 0 spiro atoms. The summed E-state index contributed by atoms with van der Waals surface area (Å²) in [5.74, 6) is 8.48. The molecule has 0 atom stereocenters. The van der Waals surface area contributed by atoms with Crippen molar-refractivity contribution < 1.29 is 9.84 Å². The number of hydrogen-bond donors (Lipinski definition) is 1. The Bertz CT molecular complexity index is 614. The van der Waals surface area contributed by atoms with Crippen molar-refractivity contribution in [3.63, 3.8) is 0 Å². The molecule has 0 unspecified atom stereocenters. The van der Waals surface area contributed by atoms with Gasteiger partial charge in [0.15, 0.2) is 0 Å². The van der Waals surface area contributed by atoms with E-state index in [1.165, 1.54) is 11.1 Å². The molecule has 0 saturated heterocycles. The molecule has 2 aromatic carbocycles. The van der Waals surface area contributed by atoms with Crippen LogP contribution in [0.15, 0.2) is 54.6 Å². The molecule has 2 nitrogen and oxygen atoms in total. The van der Waals surface area contributed by atoms with Gasteiger partial charge in [-0.3, -0.25) is 0 Å². The van der Waals surface area contributed by atoms with Gasteiger partial charge in [0.25, 0.3) is 0 Å². The Hall–Kier alpha value is -1.89. The second-order valence-electron chi connectivity index (χ2n) is 4.72. The highest BCUT2D eigenvalue weighted by Gasteiger charge is 1.97. The molecule has 0 aliphatic heterocycles. The van der Waals surface area contributed by atoms with Crippen molar-refractivity contribution in [2.75, 3.05) is 19.0 Å². The molecule has 2 rings (SSSR count). The van der Waals surface area contributed by atoms with Crippen LogP contribution in [0.5, 0.6) is 5.75 Å². The molecule has 1 N–H and O–H groups in total. The van der Waals surface area contributed by atoms with Gasteiger partial charge in [-0.1, -0.05) is 54.3 Å². The molecule has 2 aromatic rings. The molecule has 114 valence electrons. The van der Waals surface area contributed by atoms with Crippen molar-refractivity contribution in [1.29, 1.82) is 0 Å². The highest BCUT2D eigenvalue weighted by atomic mass is 32.2. The monoisotopic (exact) mass is 312 g/mol. The summed E-state index contributed by atoms with van der Waals surface area (Å²) < 4.78 is 5.67. The summed E-state index contributed by atoms with van der Waals surface area (Å²) >= 11 is 1.86. The first kappa shape index (κ1) is 16.5. The molecule has 22 heavy (non-hydrogen) atoms. The van der Waals surface area contributed by atoms with Gasteiger partial charge in [0.05, 0.1) is 6.61 Å². The first-order valence-corrected chi connectivity index (χ1v) is 8.44. The zero-order valence-electron chi connectivity index (χ0n) is 12.5. The Labute approximate surface area is 136 Å². The van der Waals surface area contributed by atoms with Gasteiger partial charge in [-0.05, 0) is 23.3 Å². The number of thioether (sulfide) groups is 1. The van der Waals surface area contributed by atoms with E-state index in [-0.39, 0.29) is 6.61 Å². The Morgan fingerprint density at radius 3 is 2.59 bits per heavy atom. The largest absolute Gasteiger partial charge is 0.493 e. The lowest BCUT2D eigenvalue weighted by Crippen LogP contribution is -2.00. The van der Waals surface area contributed by atoms with Gasteiger partial charge >= 0.3 is 0 Å². The van der Waals surface area contributed by atoms with Crippen LogP contribution in [-0.2, 0) is 12.2 Å². The van der Waals surface area contributed by atoms with E-state index in [4.69, 9.17) is 9.84 Å². The molecule has 3 heteroatoms. The van der Waals surface area contributed by atoms with Crippen LogP contribution in [0.4, 0.5) is 0 Å². The lowest BCUT2D eigenvalue weighted by Gasteiger charge is -2.06. The van der Waals surface area contributed by atoms with Gasteiger partial charge in [0.1, 0.15) is 12.4 Å². The van der Waals surface area contributed by atoms with Crippen LogP contribution in [0.1, 0.15) is 11.1 Å². The van der Waals surface area contributed by atoms with Crippen molar-refractivity contribution in [3.05, 3.63) is 65.7 Å². The average molecular weight is 312 g/mol. The van der Waals surface area contributed by atoms with Crippen LogP contribution in [0.3, 0.4) is 0 Å². The van der Waals surface area contributed by atoms with Crippen LogP contribution in [0, 0.1) is 11.8 Å². The van der Waals surface area contributed by atoms with Crippen molar-refractivity contribution >= 4 is 11.8 Å². The number of ether oxygens (including phenoxy) is 1. The predicted octanol–water partition coefficient (Wildman–Crippen LogP) is 3.54. The Morgan fingerprint density at radius 1 is 0.955 bits per heavy atom. The maximum atomic E-state index is 8.66. The third-order valence-corrected chi connectivity index (χ3v) is 3.99. The van der Waals surface area contributed by atoms with Crippen LogP contribution >= 0.6 is 11.8 Å². The van der Waals surface area contributed by atoms with Gasteiger partial charge in [-0.2, -0.15) is 11.8 Å². The summed E-state index contributed by atoms with van der Waals surface area (Å²) in [5, 5.41) is 8.66. The molecular weight excluding hydrogens is 292 g/mol. The van der Waals surface area contributed by atoms with E-state index in [9.17, 15) is 0 Å². The molecule has 0 amide bonds. The van der Waals surface area contributed by atoms with Gasteiger partial charge in [-0.15, -0.1) is 0 Å². The lowest BCUT2D eigenvalue weighted by atomic mass is 10.1. The van der Waals surface area contributed by atoms with Gasteiger partial charge in [0, 0.05) is 17.9 Å². The summed E-state index contributed by atoms with van der Waals surface area (Å²) in [6, 6.07) is 18.3. The van der Waals surface area contributed by atoms with E-state index in [1.54, 1.807) is 0 Å². The second-order valence-corrected chi connectivity index (χ2v) is 5.83. The maximum absolute atomic E-state index is 8.66. The molecule has 0 saturated carbocycles. The predicted molar refractivity (Wildman–Crippen MR) is 93.1 cm³/mol. The number of hydrogen-bond acceptors (Lipinski definition) is 3. The van der Waals surface area contributed by atoms with Gasteiger partial charge in [-0.25, -0.2) is 0 Å². The molecule has 0 aliphatic rings. The van der Waals surface area contributed by atoms with Crippen molar-refractivity contribution in [2.45, 2.75) is 12.2 Å². The minimum Gasteiger partial charge on any atom is -0.493 e. The minimum atomic E-state index is -0.0725. The fraction of sp³-hybridized carbons (Fsp3) is 0.263. The first-order valence-electron chi connectivity index (χ1n) is 7.28. The Morgan fingerprint density at radius 2 is 1.77 bits per heavy atom. The summed E-state index contributed by atoms with van der Waals surface area (Å²) in [7, 11) is 0. The summed E-state index contributed by atoms with van der Waals surface area (Å²) in [5.41, 5.74) is 2.49. The lowest BCUT2D eigenvalue weighted by molar-refractivity contribution is 0.344. The van der Waals surface area contributed by atoms with E-state index >= 15 is 0 Å². The van der Waals surface area contributed by atoms with Crippen LogP contribution in [0.25, 0.3) is 0 Å². The smallest absolute Gasteiger partial charge is 0.119 e. The maximum Gasteiger partial charge on any atom is 0.119 e. The molecule has 0 aliphatic carbocycles. The molecule has 0 radical (unpaired) electrons. The first-order chi connectivity index (χ1) is 10.9. The highest BCUT2D eigenvalue weighted by molar-refractivity contribution is 7.98. The van der Waals surface area contributed by atoms with E-state index in [0.717, 1.165) is 23.9 Å². The zero-order chi connectivity index (χ0) is 15.5. The quantitative estimate of drug-likeness (QED) is 0.626. The third-order valence-electron chi connectivity index (χ3n) is 3.00. The third kappa shape index (κ3) is 6.26. The Kier molecular flexibility index (Phi) is 7.45. The van der Waals surface area contributed by atoms with Crippen LogP contribution in [0.2, 0.25) is 0 Å². The van der Waals surface area contributed by atoms with E-state index in [1.807, 2.05) is 42.1 Å². The number of aliphatic hydroxyl groups is 1. The van der Waals surface area contributed by atoms with Crippen molar-refractivity contribution in [3.8, 4) is 17.6 Å². The number of benzene rings is 2. The summed E-state index contributed by atoms with van der Waals surface area (Å²) in [6.45, 7) is 0.646. The van der Waals surface area contributed by atoms with Crippen LogP contribution in [-0.4, -0.2) is 24.1 Å². The normalized spacial score (nSPS) is 9.86. The number of para-hydroxylation sites is 1. The topological polar surface area (TPSA) is 29.5 Å². The summed E-state index contributed by atoms with van der Waals surface area (Å²) in [4.78, 5) is 0. The molecule has 0 aromatic heterocycles. The molecule has 0 bridgehead atoms. The fourth-order valence-corrected chi connectivity index (χ4v) is 2.74. The zero-order valence-corrected chi connectivity index (χ0v) is 13.3. The second kappa shape index (κ2) is 9.94. The SMILES string of the molecule is OCC#CCc1cccc(CSCCOc2ccccc2)c1. The minimum absolute atomic E-state index is 0.0725. The van der Waals surface area contributed by atoms with E-state index in [0.29, 0.717) is 6.42 Å². The Balaban J connectivity index is 1.69. The summed E-state index contributed by atoms with van der Waals surface area (Å²) in [6.07, 6.45) is 0.691. The molecule has 0 fully saturated rings. The van der Waals surface area contributed by atoms with Crippen molar-refractivity contribution in [2.24, 2.45) is 0 Å².